The maximum Gasteiger partial charge on any atom is 0.260 e. The minimum atomic E-state index is -3.45. The van der Waals surface area contributed by atoms with Crippen LogP contribution >= 0.6 is 0 Å². The monoisotopic (exact) mass is 315 g/mol. The zero-order valence-corrected chi connectivity index (χ0v) is 13.4. The first kappa shape index (κ1) is 16.4. The molecule has 120 valence electrons. The second-order valence-corrected chi connectivity index (χ2v) is 7.20. The molecule has 0 amide bonds. The number of aryl methyl sites for hydroxylation is 1. The minimum absolute atomic E-state index is 0.203. The van der Waals surface area contributed by atoms with Crippen molar-refractivity contribution in [3.8, 4) is 0 Å². The third-order valence-electron chi connectivity index (χ3n) is 3.78. The van der Waals surface area contributed by atoms with Crippen molar-refractivity contribution in [2.24, 2.45) is 5.73 Å². The summed E-state index contributed by atoms with van der Waals surface area (Å²) in [6.45, 7) is 6.32. The average Bonchev–Trinajstić information content (AvgIpc) is 2.84. The zero-order chi connectivity index (χ0) is 15.3. The fourth-order valence-corrected chi connectivity index (χ4v) is 3.92. The fraction of sp³-hybridized carbons (Fsp3) is 0.769. The molecule has 1 aliphatic rings. The number of hydrogen-bond donors (Lipinski definition) is 2. The fourth-order valence-electron chi connectivity index (χ4n) is 2.52. The van der Waals surface area contributed by atoms with Crippen LogP contribution in [0.15, 0.2) is 11.2 Å². The summed E-state index contributed by atoms with van der Waals surface area (Å²) < 4.78 is 26.8. The molecule has 0 bridgehead atoms. The van der Waals surface area contributed by atoms with Crippen molar-refractivity contribution in [2.45, 2.75) is 31.2 Å². The molecule has 1 aliphatic heterocycles. The van der Waals surface area contributed by atoms with Crippen molar-refractivity contribution in [3.05, 3.63) is 12.0 Å². The molecule has 0 atom stereocenters. The highest BCUT2D eigenvalue weighted by molar-refractivity contribution is 7.89. The first-order valence-corrected chi connectivity index (χ1v) is 8.98. The molecule has 7 nitrogen and oxygen atoms in total. The lowest BCUT2D eigenvalue weighted by Crippen LogP contribution is -2.35. The van der Waals surface area contributed by atoms with Gasteiger partial charge in [-0.15, -0.1) is 0 Å². The van der Waals surface area contributed by atoms with E-state index >= 15 is 0 Å². The summed E-state index contributed by atoms with van der Waals surface area (Å²) in [5.74, 6) is 0.702. The Hall–Kier alpha value is -0.960. The van der Waals surface area contributed by atoms with Crippen molar-refractivity contribution >= 4 is 10.0 Å². The van der Waals surface area contributed by atoms with Crippen molar-refractivity contribution in [1.29, 1.82) is 0 Å². The van der Waals surface area contributed by atoms with Gasteiger partial charge in [0.2, 0.25) is 0 Å². The maximum absolute atomic E-state index is 12.6. The van der Waals surface area contributed by atoms with E-state index in [1.165, 1.54) is 6.20 Å². The Kier molecular flexibility index (Phi) is 5.74. The second kappa shape index (κ2) is 7.35. The molecule has 1 fully saturated rings. The summed E-state index contributed by atoms with van der Waals surface area (Å²) in [4.78, 5) is 9.27. The van der Waals surface area contributed by atoms with E-state index < -0.39 is 10.0 Å². The molecule has 0 radical (unpaired) electrons. The molecule has 1 aromatic heterocycles. The van der Waals surface area contributed by atoms with Gasteiger partial charge in [0.15, 0.2) is 5.03 Å². The van der Waals surface area contributed by atoms with Gasteiger partial charge >= 0.3 is 0 Å². The predicted molar refractivity (Wildman–Crippen MR) is 81.5 cm³/mol. The summed E-state index contributed by atoms with van der Waals surface area (Å²) in [5.41, 5.74) is 5.53. The first-order valence-electron chi connectivity index (χ1n) is 7.54. The van der Waals surface area contributed by atoms with E-state index in [-0.39, 0.29) is 5.03 Å². The first-order chi connectivity index (χ1) is 10.1. The number of rotatable bonds is 6. The number of sulfonamides is 1. The Balaban J connectivity index is 2.03. The van der Waals surface area contributed by atoms with Crippen LogP contribution in [0.2, 0.25) is 0 Å². The number of nitrogens with two attached hydrogens (primary N) is 1. The van der Waals surface area contributed by atoms with E-state index in [2.05, 4.69) is 14.9 Å². The minimum Gasteiger partial charge on any atom is -0.332 e. The van der Waals surface area contributed by atoms with Gasteiger partial charge in [-0.05, 0) is 32.5 Å². The van der Waals surface area contributed by atoms with Gasteiger partial charge in [0.05, 0.1) is 6.20 Å². The summed E-state index contributed by atoms with van der Waals surface area (Å²) in [7, 11) is -3.45. The van der Waals surface area contributed by atoms with Gasteiger partial charge in [0.1, 0.15) is 5.82 Å². The lowest BCUT2D eigenvalue weighted by atomic mass is 10.3. The largest absolute Gasteiger partial charge is 0.332 e. The van der Waals surface area contributed by atoms with Gasteiger partial charge in [0, 0.05) is 26.1 Å². The SMILES string of the molecule is CCc1ncc(S(=O)(=O)N2CCCN(CCCN)CC2)[nH]1. The van der Waals surface area contributed by atoms with Crippen LogP contribution in [0.25, 0.3) is 0 Å². The molecule has 0 spiro atoms. The summed E-state index contributed by atoms with van der Waals surface area (Å²) in [5, 5.41) is 0.203. The maximum atomic E-state index is 12.6. The van der Waals surface area contributed by atoms with E-state index in [4.69, 9.17) is 5.73 Å². The normalized spacial score (nSPS) is 18.8. The lowest BCUT2D eigenvalue weighted by molar-refractivity contribution is 0.284. The third kappa shape index (κ3) is 4.03. The number of H-pyrrole nitrogens is 1. The molecule has 21 heavy (non-hydrogen) atoms. The molecule has 2 rings (SSSR count). The number of aromatic amines is 1. The van der Waals surface area contributed by atoms with Crippen LogP contribution in [0.1, 0.15) is 25.6 Å². The number of aromatic nitrogens is 2. The highest BCUT2D eigenvalue weighted by atomic mass is 32.2. The van der Waals surface area contributed by atoms with Crippen LogP contribution in [-0.2, 0) is 16.4 Å². The Labute approximate surface area is 126 Å². The summed E-state index contributed by atoms with van der Waals surface area (Å²) in [6, 6.07) is 0. The number of nitrogens with zero attached hydrogens (tertiary/aromatic N) is 3. The highest BCUT2D eigenvalue weighted by Crippen LogP contribution is 2.16. The van der Waals surface area contributed by atoms with Crippen LogP contribution in [0, 0.1) is 0 Å². The highest BCUT2D eigenvalue weighted by Gasteiger charge is 2.28. The molecule has 0 saturated carbocycles. The van der Waals surface area contributed by atoms with Gasteiger partial charge in [-0.1, -0.05) is 6.92 Å². The van der Waals surface area contributed by atoms with Gasteiger partial charge in [-0.3, -0.25) is 0 Å². The number of imidazole rings is 1. The summed E-state index contributed by atoms with van der Waals surface area (Å²) >= 11 is 0. The molecule has 0 unspecified atom stereocenters. The average molecular weight is 315 g/mol. The number of hydrogen-bond acceptors (Lipinski definition) is 5. The van der Waals surface area contributed by atoms with E-state index in [0.29, 0.717) is 31.9 Å². The molecule has 0 aliphatic carbocycles. The second-order valence-electron chi connectivity index (χ2n) is 5.29. The smallest absolute Gasteiger partial charge is 0.260 e. The summed E-state index contributed by atoms with van der Waals surface area (Å²) in [6.07, 6.45) is 3.92. The standard InChI is InChI=1S/C13H25N5O2S/c1-2-12-15-11-13(16-12)21(19,20)18-8-4-7-17(9-10-18)6-3-5-14/h11H,2-10,14H2,1H3,(H,15,16). The van der Waals surface area contributed by atoms with Crippen LogP contribution in [0.5, 0.6) is 0 Å². The molecule has 8 heteroatoms. The Bertz CT molecular complexity index is 543. The van der Waals surface area contributed by atoms with Gasteiger partial charge in [0.25, 0.3) is 10.0 Å². The topological polar surface area (TPSA) is 95.3 Å². The van der Waals surface area contributed by atoms with Crippen LogP contribution in [0.4, 0.5) is 0 Å². The molecule has 1 aromatic rings. The van der Waals surface area contributed by atoms with Crippen molar-refractivity contribution in [2.75, 3.05) is 39.3 Å². The van der Waals surface area contributed by atoms with E-state index in [1.807, 2.05) is 6.92 Å². The molecule has 1 saturated heterocycles. The van der Waals surface area contributed by atoms with Crippen molar-refractivity contribution in [1.82, 2.24) is 19.2 Å². The predicted octanol–water partition coefficient (Wildman–Crippen LogP) is 0.0173. The molecular weight excluding hydrogens is 290 g/mol. The van der Waals surface area contributed by atoms with Crippen LogP contribution < -0.4 is 5.73 Å². The number of nitrogens with one attached hydrogen (secondary N) is 1. The van der Waals surface area contributed by atoms with E-state index in [0.717, 1.165) is 32.5 Å². The van der Waals surface area contributed by atoms with Gasteiger partial charge < -0.3 is 15.6 Å². The lowest BCUT2D eigenvalue weighted by Gasteiger charge is -2.20. The van der Waals surface area contributed by atoms with E-state index in [1.54, 1.807) is 4.31 Å². The molecule has 2 heterocycles. The quantitative estimate of drug-likeness (QED) is 0.771. The third-order valence-corrected chi connectivity index (χ3v) is 5.59. The van der Waals surface area contributed by atoms with Crippen LogP contribution in [0.3, 0.4) is 0 Å². The van der Waals surface area contributed by atoms with Crippen molar-refractivity contribution < 1.29 is 8.42 Å². The molecular formula is C13H25N5O2S. The van der Waals surface area contributed by atoms with Crippen molar-refractivity contribution in [3.63, 3.8) is 0 Å². The molecule has 0 aromatic carbocycles. The Morgan fingerprint density at radius 2 is 2.14 bits per heavy atom. The Morgan fingerprint density at radius 1 is 1.33 bits per heavy atom. The zero-order valence-electron chi connectivity index (χ0n) is 12.6. The molecule has 3 N–H and O–H groups in total. The van der Waals surface area contributed by atoms with Gasteiger partial charge in [-0.2, -0.15) is 4.31 Å². The Morgan fingerprint density at radius 3 is 2.81 bits per heavy atom. The van der Waals surface area contributed by atoms with Crippen LogP contribution in [-0.4, -0.2) is 66.9 Å². The van der Waals surface area contributed by atoms with Gasteiger partial charge in [-0.25, -0.2) is 13.4 Å². The van der Waals surface area contributed by atoms with E-state index in [9.17, 15) is 8.42 Å².